The van der Waals surface area contributed by atoms with Crippen molar-refractivity contribution >= 4 is 39.1 Å². The Hall–Kier alpha value is -0.740. The van der Waals surface area contributed by atoms with Gasteiger partial charge in [-0.1, -0.05) is 47.4 Å². The highest BCUT2D eigenvalue weighted by atomic mass is 79.9. The van der Waals surface area contributed by atoms with Crippen molar-refractivity contribution in [2.24, 2.45) is 5.92 Å². The first-order chi connectivity index (χ1) is 9.49. The quantitative estimate of drug-likeness (QED) is 0.772. The van der Waals surface area contributed by atoms with Crippen LogP contribution in [0.5, 0.6) is 0 Å². The second kappa shape index (κ2) is 6.81. The number of anilines is 1. The summed E-state index contributed by atoms with van der Waals surface area (Å²) in [6, 6.07) is 7.87. The molecule has 1 fully saturated rings. The van der Waals surface area contributed by atoms with Gasteiger partial charge in [-0.25, -0.2) is 0 Å². The van der Waals surface area contributed by atoms with Crippen molar-refractivity contribution in [2.75, 3.05) is 31.1 Å². The highest BCUT2D eigenvalue weighted by Crippen LogP contribution is 2.22. The summed E-state index contributed by atoms with van der Waals surface area (Å²) in [4.78, 5) is 16.4. The Morgan fingerprint density at radius 3 is 2.45 bits per heavy atom. The van der Waals surface area contributed by atoms with Crippen molar-refractivity contribution in [1.82, 2.24) is 4.90 Å². The molecule has 5 heteroatoms. The third-order valence-corrected chi connectivity index (χ3v) is 5.27. The van der Waals surface area contributed by atoms with Gasteiger partial charge in [0.1, 0.15) is 0 Å². The van der Waals surface area contributed by atoms with Gasteiger partial charge in [0.25, 0.3) is 0 Å². The van der Waals surface area contributed by atoms with Crippen LogP contribution >= 0.6 is 27.5 Å². The number of alkyl halides is 1. The number of hydrogen-bond donors (Lipinski definition) is 0. The van der Waals surface area contributed by atoms with Crippen LogP contribution in [0.1, 0.15) is 13.8 Å². The van der Waals surface area contributed by atoms with E-state index in [2.05, 4.69) is 40.7 Å². The first kappa shape index (κ1) is 15.6. The molecule has 0 radical (unpaired) electrons. The van der Waals surface area contributed by atoms with Gasteiger partial charge in [0.15, 0.2) is 0 Å². The second-order valence-electron chi connectivity index (χ2n) is 5.44. The molecule has 0 N–H and O–H groups in total. The van der Waals surface area contributed by atoms with Gasteiger partial charge in [-0.15, -0.1) is 0 Å². The van der Waals surface area contributed by atoms with Crippen molar-refractivity contribution < 1.29 is 4.79 Å². The molecule has 0 spiro atoms. The third kappa shape index (κ3) is 3.67. The van der Waals surface area contributed by atoms with Crippen molar-refractivity contribution in [3.8, 4) is 0 Å². The van der Waals surface area contributed by atoms with Gasteiger partial charge in [0, 0.05) is 36.9 Å². The van der Waals surface area contributed by atoms with E-state index in [1.807, 2.05) is 23.1 Å². The smallest absolute Gasteiger partial charge is 0.236 e. The summed E-state index contributed by atoms with van der Waals surface area (Å²) in [6.07, 6.45) is 0. The molecule has 1 aromatic carbocycles. The fourth-order valence-corrected chi connectivity index (χ4v) is 2.79. The highest BCUT2D eigenvalue weighted by Gasteiger charge is 2.27. The normalized spacial score (nSPS) is 17.4. The van der Waals surface area contributed by atoms with Crippen LogP contribution in [0.15, 0.2) is 24.3 Å². The lowest BCUT2D eigenvalue weighted by Gasteiger charge is -2.37. The number of amides is 1. The van der Waals surface area contributed by atoms with Gasteiger partial charge in [0.2, 0.25) is 5.91 Å². The van der Waals surface area contributed by atoms with Crippen LogP contribution in [-0.2, 0) is 4.79 Å². The van der Waals surface area contributed by atoms with Crippen molar-refractivity contribution in [3.05, 3.63) is 29.3 Å². The van der Waals surface area contributed by atoms with E-state index in [0.717, 1.165) is 36.9 Å². The van der Waals surface area contributed by atoms with Crippen LogP contribution in [-0.4, -0.2) is 41.8 Å². The molecule has 1 heterocycles. The Morgan fingerprint density at radius 1 is 1.25 bits per heavy atom. The van der Waals surface area contributed by atoms with Gasteiger partial charge in [-0.05, 0) is 24.1 Å². The minimum absolute atomic E-state index is 0.0831. The predicted octanol–water partition coefficient (Wildman–Crippen LogP) is 3.41. The standard InChI is InChI=1S/C15H20BrClN2O/c1-11(2)14(16)15(20)19-8-6-18(7-9-19)13-5-3-4-12(17)10-13/h3-5,10-11,14H,6-9H2,1-2H3. The van der Waals surface area contributed by atoms with Crippen LogP contribution in [0, 0.1) is 5.92 Å². The summed E-state index contributed by atoms with van der Waals surface area (Å²) in [7, 11) is 0. The average molecular weight is 360 g/mol. The van der Waals surface area contributed by atoms with E-state index in [-0.39, 0.29) is 10.7 Å². The molecule has 1 aliphatic rings. The van der Waals surface area contributed by atoms with Gasteiger partial charge in [-0.3, -0.25) is 4.79 Å². The molecule has 1 aromatic rings. The summed E-state index contributed by atoms with van der Waals surface area (Å²) in [5, 5.41) is 0.751. The Balaban J connectivity index is 1.94. The lowest BCUT2D eigenvalue weighted by molar-refractivity contribution is -0.131. The van der Waals surface area contributed by atoms with Crippen LogP contribution in [0.25, 0.3) is 0 Å². The third-order valence-electron chi connectivity index (χ3n) is 3.59. The zero-order chi connectivity index (χ0) is 14.7. The predicted molar refractivity (Wildman–Crippen MR) is 87.8 cm³/mol. The van der Waals surface area contributed by atoms with E-state index < -0.39 is 0 Å². The Bertz CT molecular complexity index is 473. The monoisotopic (exact) mass is 358 g/mol. The average Bonchev–Trinajstić information content (AvgIpc) is 2.46. The maximum atomic E-state index is 12.3. The molecule has 0 bridgehead atoms. The zero-order valence-electron chi connectivity index (χ0n) is 11.9. The van der Waals surface area contributed by atoms with E-state index in [4.69, 9.17) is 11.6 Å². The lowest BCUT2D eigenvalue weighted by Crippen LogP contribution is -2.51. The topological polar surface area (TPSA) is 23.6 Å². The number of hydrogen-bond acceptors (Lipinski definition) is 2. The molecule has 1 atom stereocenters. The fraction of sp³-hybridized carbons (Fsp3) is 0.533. The first-order valence-corrected chi connectivity index (χ1v) is 8.22. The van der Waals surface area contributed by atoms with E-state index >= 15 is 0 Å². The molecule has 110 valence electrons. The number of piperazine rings is 1. The number of halogens is 2. The van der Waals surface area contributed by atoms with Crippen molar-refractivity contribution in [2.45, 2.75) is 18.7 Å². The van der Waals surface area contributed by atoms with E-state index in [1.165, 1.54) is 0 Å². The number of carbonyl (C=O) groups is 1. The molecule has 1 aliphatic heterocycles. The maximum absolute atomic E-state index is 12.3. The minimum atomic E-state index is -0.0831. The van der Waals surface area contributed by atoms with E-state index in [1.54, 1.807) is 0 Å². The molecule has 0 aliphatic carbocycles. The number of carbonyl (C=O) groups excluding carboxylic acids is 1. The summed E-state index contributed by atoms with van der Waals surface area (Å²) < 4.78 is 0. The summed E-state index contributed by atoms with van der Waals surface area (Å²) in [5.74, 6) is 0.513. The molecule has 1 unspecified atom stereocenters. The molecule has 0 aromatic heterocycles. The molecule has 3 nitrogen and oxygen atoms in total. The van der Waals surface area contributed by atoms with Crippen molar-refractivity contribution in [1.29, 1.82) is 0 Å². The number of nitrogens with zero attached hydrogens (tertiary/aromatic N) is 2. The molecule has 0 saturated carbocycles. The van der Waals surface area contributed by atoms with Gasteiger partial charge in [0.05, 0.1) is 4.83 Å². The number of benzene rings is 1. The highest BCUT2D eigenvalue weighted by molar-refractivity contribution is 9.10. The Labute approximate surface area is 134 Å². The van der Waals surface area contributed by atoms with Gasteiger partial charge < -0.3 is 9.80 Å². The largest absolute Gasteiger partial charge is 0.368 e. The maximum Gasteiger partial charge on any atom is 0.236 e. The van der Waals surface area contributed by atoms with Crippen LogP contribution in [0.2, 0.25) is 5.02 Å². The summed E-state index contributed by atoms with van der Waals surface area (Å²) in [6.45, 7) is 7.34. The number of rotatable bonds is 3. The van der Waals surface area contributed by atoms with Crippen LogP contribution in [0.4, 0.5) is 5.69 Å². The van der Waals surface area contributed by atoms with Gasteiger partial charge >= 0.3 is 0 Å². The van der Waals surface area contributed by atoms with E-state index in [9.17, 15) is 4.79 Å². The van der Waals surface area contributed by atoms with Gasteiger partial charge in [-0.2, -0.15) is 0 Å². The first-order valence-electron chi connectivity index (χ1n) is 6.92. The zero-order valence-corrected chi connectivity index (χ0v) is 14.2. The second-order valence-corrected chi connectivity index (χ2v) is 6.86. The van der Waals surface area contributed by atoms with Crippen LogP contribution < -0.4 is 4.90 Å². The SMILES string of the molecule is CC(C)C(Br)C(=O)N1CCN(c2cccc(Cl)c2)CC1. The molecule has 1 amide bonds. The van der Waals surface area contributed by atoms with Crippen LogP contribution in [0.3, 0.4) is 0 Å². The molecule has 1 saturated heterocycles. The van der Waals surface area contributed by atoms with E-state index in [0.29, 0.717) is 5.92 Å². The Morgan fingerprint density at radius 2 is 1.90 bits per heavy atom. The molecule has 2 rings (SSSR count). The molecule has 20 heavy (non-hydrogen) atoms. The molecular weight excluding hydrogens is 340 g/mol. The summed E-state index contributed by atoms with van der Waals surface area (Å²) >= 11 is 9.51. The summed E-state index contributed by atoms with van der Waals surface area (Å²) in [5.41, 5.74) is 1.13. The minimum Gasteiger partial charge on any atom is -0.368 e. The lowest BCUT2D eigenvalue weighted by atomic mass is 10.1. The molecular formula is C15H20BrClN2O. The Kier molecular flexibility index (Phi) is 5.33. The fourth-order valence-electron chi connectivity index (χ4n) is 2.32. The van der Waals surface area contributed by atoms with Crippen molar-refractivity contribution in [3.63, 3.8) is 0 Å².